The molecule has 0 atom stereocenters. The van der Waals surface area contributed by atoms with Crippen LogP contribution in [0.1, 0.15) is 18.3 Å². The van der Waals surface area contributed by atoms with E-state index in [4.69, 9.17) is 4.98 Å². The van der Waals surface area contributed by atoms with Crippen molar-refractivity contribution in [1.82, 2.24) is 34.5 Å². The van der Waals surface area contributed by atoms with Crippen LogP contribution in [0.25, 0.3) is 11.4 Å². The lowest BCUT2D eigenvalue weighted by atomic mass is 10.1. The summed E-state index contributed by atoms with van der Waals surface area (Å²) in [4.78, 5) is 13.0. The molecule has 0 amide bonds. The lowest BCUT2D eigenvalue weighted by Gasteiger charge is -2.05. The molecule has 0 spiro atoms. The molecule has 4 aromatic rings. The Balaban J connectivity index is 1.48. The van der Waals surface area contributed by atoms with Crippen LogP contribution in [0, 0.1) is 0 Å². The quantitative estimate of drug-likeness (QED) is 0.460. The standard InChI is InChI=1S/C19H19N7S/c1-2-26-19(23-17(24-26)11-25-14-20-13-22-25)16-8-6-15(7-9-16)12-27-18-5-3-4-10-21-18/h3-10,13-14H,2,11-12H2,1H3. The van der Waals surface area contributed by atoms with Gasteiger partial charge in [0.1, 0.15) is 19.2 Å². The van der Waals surface area contributed by atoms with Crippen LogP contribution in [-0.4, -0.2) is 34.5 Å². The molecular weight excluding hydrogens is 358 g/mol. The van der Waals surface area contributed by atoms with Gasteiger partial charge in [-0.05, 0) is 24.6 Å². The number of hydrogen-bond acceptors (Lipinski definition) is 6. The Morgan fingerprint density at radius 3 is 2.67 bits per heavy atom. The van der Waals surface area contributed by atoms with Crippen molar-refractivity contribution in [2.75, 3.05) is 0 Å². The van der Waals surface area contributed by atoms with E-state index >= 15 is 0 Å². The van der Waals surface area contributed by atoms with Gasteiger partial charge in [-0.15, -0.1) is 11.8 Å². The molecular formula is C19H19N7S. The molecule has 7 nitrogen and oxygen atoms in total. The van der Waals surface area contributed by atoms with E-state index < -0.39 is 0 Å². The first kappa shape index (κ1) is 17.4. The Labute approximate surface area is 161 Å². The minimum Gasteiger partial charge on any atom is -0.250 e. The lowest BCUT2D eigenvalue weighted by Crippen LogP contribution is -2.03. The van der Waals surface area contributed by atoms with Crippen molar-refractivity contribution in [3.05, 3.63) is 72.7 Å². The van der Waals surface area contributed by atoms with Gasteiger partial charge in [0.15, 0.2) is 11.6 Å². The zero-order valence-electron chi connectivity index (χ0n) is 14.9. The molecule has 0 aliphatic heterocycles. The van der Waals surface area contributed by atoms with E-state index in [9.17, 15) is 0 Å². The van der Waals surface area contributed by atoms with Gasteiger partial charge in [-0.3, -0.25) is 0 Å². The fourth-order valence-corrected chi connectivity index (χ4v) is 3.51. The summed E-state index contributed by atoms with van der Waals surface area (Å²) in [6.07, 6.45) is 5.00. The second kappa shape index (κ2) is 8.13. The van der Waals surface area contributed by atoms with Crippen LogP contribution in [-0.2, 0) is 18.8 Å². The summed E-state index contributed by atoms with van der Waals surface area (Å²) >= 11 is 1.73. The van der Waals surface area contributed by atoms with Crippen LogP contribution in [0.5, 0.6) is 0 Å². The minimum absolute atomic E-state index is 0.513. The van der Waals surface area contributed by atoms with Crippen molar-refractivity contribution in [2.45, 2.75) is 30.8 Å². The topological polar surface area (TPSA) is 74.3 Å². The Kier molecular flexibility index (Phi) is 5.24. The van der Waals surface area contributed by atoms with Gasteiger partial charge >= 0.3 is 0 Å². The largest absolute Gasteiger partial charge is 0.250 e. The van der Waals surface area contributed by atoms with Crippen LogP contribution < -0.4 is 0 Å². The first-order chi connectivity index (χ1) is 13.3. The molecule has 27 heavy (non-hydrogen) atoms. The van der Waals surface area contributed by atoms with Gasteiger partial charge in [-0.1, -0.05) is 30.3 Å². The van der Waals surface area contributed by atoms with Gasteiger partial charge in [0.05, 0.1) is 5.03 Å². The molecule has 4 rings (SSSR count). The molecule has 0 aliphatic carbocycles. The van der Waals surface area contributed by atoms with Crippen molar-refractivity contribution in [1.29, 1.82) is 0 Å². The summed E-state index contributed by atoms with van der Waals surface area (Å²) in [6.45, 7) is 3.34. The van der Waals surface area contributed by atoms with E-state index in [1.165, 1.54) is 11.9 Å². The van der Waals surface area contributed by atoms with Crippen molar-refractivity contribution in [2.24, 2.45) is 0 Å². The highest BCUT2D eigenvalue weighted by Crippen LogP contribution is 2.23. The monoisotopic (exact) mass is 377 g/mol. The molecule has 0 aliphatic rings. The molecule has 0 radical (unpaired) electrons. The van der Waals surface area contributed by atoms with Crippen LogP contribution in [0.2, 0.25) is 0 Å². The normalized spacial score (nSPS) is 11.0. The summed E-state index contributed by atoms with van der Waals surface area (Å²) < 4.78 is 3.64. The maximum absolute atomic E-state index is 4.70. The summed E-state index contributed by atoms with van der Waals surface area (Å²) in [6, 6.07) is 14.4. The molecule has 0 fully saturated rings. The number of rotatable bonds is 7. The maximum Gasteiger partial charge on any atom is 0.172 e. The molecule has 0 unspecified atom stereocenters. The van der Waals surface area contributed by atoms with Crippen molar-refractivity contribution in [3.63, 3.8) is 0 Å². The van der Waals surface area contributed by atoms with E-state index in [2.05, 4.69) is 51.4 Å². The maximum atomic E-state index is 4.70. The fraction of sp³-hybridized carbons (Fsp3) is 0.211. The molecule has 0 saturated carbocycles. The fourth-order valence-electron chi connectivity index (χ4n) is 2.69. The Bertz CT molecular complexity index is 979. The SMILES string of the molecule is CCn1nc(Cn2cncn2)nc1-c1ccc(CSc2ccccn2)cc1. The molecule has 0 N–H and O–H groups in total. The second-order valence-corrected chi connectivity index (χ2v) is 6.91. The van der Waals surface area contributed by atoms with Gasteiger partial charge in [0.2, 0.25) is 0 Å². The summed E-state index contributed by atoms with van der Waals surface area (Å²) in [5.41, 5.74) is 2.31. The Morgan fingerprint density at radius 2 is 1.96 bits per heavy atom. The van der Waals surface area contributed by atoms with Gasteiger partial charge in [-0.25, -0.2) is 24.3 Å². The number of benzene rings is 1. The highest BCUT2D eigenvalue weighted by molar-refractivity contribution is 7.98. The molecule has 3 aromatic heterocycles. The van der Waals surface area contributed by atoms with Crippen molar-refractivity contribution in [3.8, 4) is 11.4 Å². The van der Waals surface area contributed by atoms with E-state index in [0.717, 1.165) is 34.5 Å². The molecule has 3 heterocycles. The smallest absolute Gasteiger partial charge is 0.172 e. The third kappa shape index (κ3) is 4.22. The van der Waals surface area contributed by atoms with Crippen LogP contribution in [0.15, 0.2) is 66.3 Å². The summed E-state index contributed by atoms with van der Waals surface area (Å²) in [5, 5.41) is 9.73. The zero-order valence-corrected chi connectivity index (χ0v) is 15.8. The summed E-state index contributed by atoms with van der Waals surface area (Å²) in [7, 11) is 0. The predicted molar refractivity (Wildman–Crippen MR) is 104 cm³/mol. The van der Waals surface area contributed by atoms with Gasteiger partial charge in [-0.2, -0.15) is 10.2 Å². The number of pyridine rings is 1. The van der Waals surface area contributed by atoms with E-state index in [1.807, 2.05) is 29.1 Å². The lowest BCUT2D eigenvalue weighted by molar-refractivity contribution is 0.616. The molecule has 0 bridgehead atoms. The first-order valence-corrected chi connectivity index (χ1v) is 9.69. The van der Waals surface area contributed by atoms with Gasteiger partial charge < -0.3 is 0 Å². The van der Waals surface area contributed by atoms with Crippen LogP contribution >= 0.6 is 11.8 Å². The average Bonchev–Trinajstić information content (AvgIpc) is 3.37. The van der Waals surface area contributed by atoms with Crippen molar-refractivity contribution >= 4 is 11.8 Å². The van der Waals surface area contributed by atoms with Gasteiger partial charge in [0.25, 0.3) is 0 Å². The average molecular weight is 377 g/mol. The predicted octanol–water partition coefficient (Wildman–Crippen LogP) is 3.29. The van der Waals surface area contributed by atoms with Gasteiger partial charge in [0, 0.05) is 24.1 Å². The molecule has 136 valence electrons. The Hall–Kier alpha value is -3.00. The number of nitrogens with zero attached hydrogens (tertiary/aromatic N) is 7. The second-order valence-electron chi connectivity index (χ2n) is 5.91. The zero-order chi connectivity index (χ0) is 18.5. The number of aromatic nitrogens is 7. The highest BCUT2D eigenvalue weighted by Gasteiger charge is 2.12. The Morgan fingerprint density at radius 1 is 1.07 bits per heavy atom. The van der Waals surface area contributed by atoms with E-state index in [0.29, 0.717) is 6.54 Å². The summed E-state index contributed by atoms with van der Waals surface area (Å²) in [5.74, 6) is 2.48. The van der Waals surface area contributed by atoms with Crippen LogP contribution in [0.4, 0.5) is 0 Å². The third-order valence-electron chi connectivity index (χ3n) is 4.02. The molecule has 1 aromatic carbocycles. The van der Waals surface area contributed by atoms with Crippen LogP contribution in [0.3, 0.4) is 0 Å². The third-order valence-corrected chi connectivity index (χ3v) is 5.04. The first-order valence-electron chi connectivity index (χ1n) is 8.71. The van der Waals surface area contributed by atoms with E-state index in [-0.39, 0.29) is 0 Å². The molecule has 0 saturated heterocycles. The minimum atomic E-state index is 0.513. The number of aryl methyl sites for hydroxylation is 1. The number of hydrogen-bond donors (Lipinski definition) is 0. The van der Waals surface area contributed by atoms with E-state index in [1.54, 1.807) is 22.8 Å². The van der Waals surface area contributed by atoms with Crippen molar-refractivity contribution < 1.29 is 0 Å². The number of thioether (sulfide) groups is 1. The molecule has 8 heteroatoms. The highest BCUT2D eigenvalue weighted by atomic mass is 32.2.